The maximum Gasteiger partial charge on any atom is 0.417 e. The van der Waals surface area contributed by atoms with E-state index in [0.29, 0.717) is 29.3 Å². The van der Waals surface area contributed by atoms with E-state index in [1.54, 1.807) is 19.9 Å². The third-order valence-electron chi connectivity index (χ3n) is 4.08. The average molecular weight is 374 g/mol. The van der Waals surface area contributed by atoms with Crippen molar-refractivity contribution in [1.29, 1.82) is 0 Å². The highest BCUT2D eigenvalue weighted by Gasteiger charge is 2.34. The van der Waals surface area contributed by atoms with Gasteiger partial charge in [-0.05, 0) is 30.5 Å². The van der Waals surface area contributed by atoms with Crippen LogP contribution in [0.25, 0.3) is 16.5 Å². The minimum absolute atomic E-state index is 0.0197. The molecule has 0 amide bonds. The number of aromatic nitrogens is 1. The number of halogens is 5. The summed E-state index contributed by atoms with van der Waals surface area (Å²) in [5.74, 6) is 0. The molecule has 2 N–H and O–H groups in total. The zero-order valence-electron chi connectivity index (χ0n) is 14.3. The van der Waals surface area contributed by atoms with E-state index in [0.717, 1.165) is 0 Å². The fourth-order valence-corrected chi connectivity index (χ4v) is 2.87. The van der Waals surface area contributed by atoms with Gasteiger partial charge in [0.05, 0.1) is 5.56 Å². The molecule has 0 saturated carbocycles. The van der Waals surface area contributed by atoms with Crippen molar-refractivity contribution in [1.82, 2.24) is 10.3 Å². The molecule has 1 aromatic carbocycles. The first kappa shape index (κ1) is 19.9. The highest BCUT2D eigenvalue weighted by atomic mass is 19.4. The predicted octanol–water partition coefficient (Wildman–Crippen LogP) is 4.93. The van der Waals surface area contributed by atoms with Gasteiger partial charge in [-0.2, -0.15) is 13.2 Å². The standard InChI is InChI=1S/C18H19F5N2O/c1-3-13(24-8-7-15(19)20)10(2)11-5-4-6-14-17(11)12(18(21,22)23)9-16(26)25-14/h4-6,9,15,24H,3,7-8H2,1-2H3,(H,25,26)/b13-10-. The molecule has 3 nitrogen and oxygen atoms in total. The van der Waals surface area contributed by atoms with Crippen LogP contribution in [0.4, 0.5) is 22.0 Å². The molecular formula is C18H19F5N2O. The van der Waals surface area contributed by atoms with Gasteiger partial charge < -0.3 is 10.3 Å². The number of allylic oxidation sites excluding steroid dienone is 2. The summed E-state index contributed by atoms with van der Waals surface area (Å²) < 4.78 is 65.0. The van der Waals surface area contributed by atoms with Gasteiger partial charge in [-0.1, -0.05) is 19.1 Å². The molecule has 0 fully saturated rings. The molecule has 142 valence electrons. The lowest BCUT2D eigenvalue weighted by Crippen LogP contribution is -2.18. The summed E-state index contributed by atoms with van der Waals surface area (Å²) in [7, 11) is 0. The van der Waals surface area contributed by atoms with Gasteiger partial charge in [0.15, 0.2) is 0 Å². The lowest BCUT2D eigenvalue weighted by Gasteiger charge is -2.18. The highest BCUT2D eigenvalue weighted by molar-refractivity contribution is 5.94. The number of nitrogens with one attached hydrogen (secondary N) is 2. The summed E-state index contributed by atoms with van der Waals surface area (Å²) in [6.07, 6.45) is -7.07. The van der Waals surface area contributed by atoms with Crippen LogP contribution >= 0.6 is 0 Å². The van der Waals surface area contributed by atoms with Gasteiger partial charge in [0.25, 0.3) is 0 Å². The molecular weight excluding hydrogens is 355 g/mol. The van der Waals surface area contributed by atoms with Crippen LogP contribution in [0, 0.1) is 0 Å². The van der Waals surface area contributed by atoms with Crippen molar-refractivity contribution in [3.8, 4) is 0 Å². The molecule has 0 bridgehead atoms. The Balaban J connectivity index is 2.64. The Morgan fingerprint density at radius 3 is 2.54 bits per heavy atom. The summed E-state index contributed by atoms with van der Waals surface area (Å²) in [5.41, 5.74) is -0.386. The fourth-order valence-electron chi connectivity index (χ4n) is 2.87. The first-order chi connectivity index (χ1) is 12.1. The molecule has 0 unspecified atom stereocenters. The van der Waals surface area contributed by atoms with Gasteiger partial charge in [0, 0.05) is 35.6 Å². The van der Waals surface area contributed by atoms with Crippen LogP contribution in [0.5, 0.6) is 0 Å². The van der Waals surface area contributed by atoms with E-state index in [9.17, 15) is 26.7 Å². The fraction of sp³-hybridized carbons (Fsp3) is 0.389. The second-order valence-electron chi connectivity index (χ2n) is 5.84. The molecule has 0 aliphatic carbocycles. The Labute approximate surface area is 146 Å². The van der Waals surface area contributed by atoms with Gasteiger partial charge in [-0.15, -0.1) is 0 Å². The van der Waals surface area contributed by atoms with Crippen molar-refractivity contribution in [2.75, 3.05) is 6.54 Å². The van der Waals surface area contributed by atoms with E-state index in [2.05, 4.69) is 10.3 Å². The SMILES string of the molecule is CC/C(NCCC(F)F)=C(\C)c1cccc2[nH]c(=O)cc(C(F)(F)F)c12. The third-order valence-corrected chi connectivity index (χ3v) is 4.08. The normalized spacial score (nSPS) is 13.2. The number of H-pyrrole nitrogens is 1. The highest BCUT2D eigenvalue weighted by Crippen LogP contribution is 2.37. The Morgan fingerprint density at radius 2 is 1.96 bits per heavy atom. The number of hydrogen-bond donors (Lipinski definition) is 2. The largest absolute Gasteiger partial charge is 0.417 e. The van der Waals surface area contributed by atoms with Crippen LogP contribution in [0.2, 0.25) is 0 Å². The molecule has 1 heterocycles. The van der Waals surface area contributed by atoms with Crippen LogP contribution in [-0.2, 0) is 6.18 Å². The van der Waals surface area contributed by atoms with Crippen molar-refractivity contribution in [3.05, 3.63) is 51.4 Å². The molecule has 2 rings (SSSR count). The number of alkyl halides is 5. The number of aromatic amines is 1. The molecule has 2 aromatic rings. The number of fused-ring (bicyclic) bond motifs is 1. The topological polar surface area (TPSA) is 44.9 Å². The van der Waals surface area contributed by atoms with Crippen LogP contribution < -0.4 is 10.9 Å². The Hall–Kier alpha value is -2.38. The second kappa shape index (κ2) is 7.88. The number of pyridine rings is 1. The number of rotatable bonds is 6. The minimum atomic E-state index is -4.70. The van der Waals surface area contributed by atoms with Crippen molar-refractivity contribution in [3.63, 3.8) is 0 Å². The van der Waals surface area contributed by atoms with Crippen LogP contribution in [0.3, 0.4) is 0 Å². The molecule has 8 heteroatoms. The molecule has 0 atom stereocenters. The Kier molecular flexibility index (Phi) is 6.05. The molecule has 1 aromatic heterocycles. The van der Waals surface area contributed by atoms with E-state index in [4.69, 9.17) is 0 Å². The van der Waals surface area contributed by atoms with Gasteiger partial charge in [0.1, 0.15) is 0 Å². The van der Waals surface area contributed by atoms with Crippen LogP contribution in [0.15, 0.2) is 34.8 Å². The average Bonchev–Trinajstić information content (AvgIpc) is 2.55. The number of benzene rings is 1. The summed E-state index contributed by atoms with van der Waals surface area (Å²) in [6, 6.07) is 5.01. The smallest absolute Gasteiger partial charge is 0.388 e. The molecule has 0 spiro atoms. The summed E-state index contributed by atoms with van der Waals surface area (Å²) in [6.45, 7) is 3.44. The van der Waals surface area contributed by atoms with Crippen molar-refractivity contribution >= 4 is 16.5 Å². The summed E-state index contributed by atoms with van der Waals surface area (Å²) in [4.78, 5) is 14.0. The quantitative estimate of drug-likeness (QED) is 0.704. The monoisotopic (exact) mass is 374 g/mol. The van der Waals surface area contributed by atoms with Gasteiger partial charge in [-0.3, -0.25) is 4.79 Å². The molecule has 0 aliphatic rings. The maximum atomic E-state index is 13.4. The van der Waals surface area contributed by atoms with Crippen molar-refractivity contribution < 1.29 is 22.0 Å². The predicted molar refractivity (Wildman–Crippen MR) is 91.1 cm³/mol. The number of hydrogen-bond acceptors (Lipinski definition) is 2. The molecule has 0 radical (unpaired) electrons. The summed E-state index contributed by atoms with van der Waals surface area (Å²) >= 11 is 0. The lowest BCUT2D eigenvalue weighted by atomic mass is 9.95. The molecule has 26 heavy (non-hydrogen) atoms. The molecule has 0 aliphatic heterocycles. The zero-order valence-corrected chi connectivity index (χ0v) is 14.3. The van der Waals surface area contributed by atoms with E-state index in [-0.39, 0.29) is 23.9 Å². The van der Waals surface area contributed by atoms with E-state index in [1.807, 2.05) is 0 Å². The van der Waals surface area contributed by atoms with Crippen LogP contribution in [0.1, 0.15) is 37.8 Å². The summed E-state index contributed by atoms with van der Waals surface area (Å²) in [5, 5.41) is 2.77. The van der Waals surface area contributed by atoms with Gasteiger partial charge in [0.2, 0.25) is 12.0 Å². The van der Waals surface area contributed by atoms with Crippen LogP contribution in [-0.4, -0.2) is 18.0 Å². The minimum Gasteiger partial charge on any atom is -0.388 e. The molecule has 0 saturated heterocycles. The van der Waals surface area contributed by atoms with E-state index >= 15 is 0 Å². The van der Waals surface area contributed by atoms with Gasteiger partial charge in [-0.25, -0.2) is 8.78 Å². The van der Waals surface area contributed by atoms with Gasteiger partial charge >= 0.3 is 6.18 Å². The lowest BCUT2D eigenvalue weighted by molar-refractivity contribution is -0.136. The second-order valence-corrected chi connectivity index (χ2v) is 5.84. The van der Waals surface area contributed by atoms with Crippen molar-refractivity contribution in [2.24, 2.45) is 0 Å². The van der Waals surface area contributed by atoms with Crippen molar-refractivity contribution in [2.45, 2.75) is 39.3 Å². The first-order valence-electron chi connectivity index (χ1n) is 8.10. The first-order valence-corrected chi connectivity index (χ1v) is 8.10. The third kappa shape index (κ3) is 4.42. The Bertz CT molecular complexity index is 868. The van der Waals surface area contributed by atoms with E-state index in [1.165, 1.54) is 12.1 Å². The maximum absolute atomic E-state index is 13.4. The Morgan fingerprint density at radius 1 is 1.27 bits per heavy atom. The van der Waals surface area contributed by atoms with E-state index < -0.39 is 23.7 Å². The zero-order chi connectivity index (χ0) is 19.5.